The Labute approximate surface area is 190 Å². The third-order valence-electron chi connectivity index (χ3n) is 5.23. The van der Waals surface area contributed by atoms with Crippen molar-refractivity contribution in [2.75, 3.05) is 18.5 Å². The van der Waals surface area contributed by atoms with Crippen LogP contribution in [0.5, 0.6) is 17.2 Å². The number of benzene rings is 3. The Morgan fingerprint density at radius 2 is 1.44 bits per heavy atom. The number of anilines is 1. The molecule has 0 aromatic heterocycles. The molecule has 5 nitrogen and oxygen atoms in total. The highest BCUT2D eigenvalue weighted by Gasteiger charge is 2.19. The summed E-state index contributed by atoms with van der Waals surface area (Å²) in [5.74, 6) is 2.24. The summed E-state index contributed by atoms with van der Waals surface area (Å²) in [6.45, 7) is 6.80. The molecule has 1 amide bonds. The van der Waals surface area contributed by atoms with Crippen molar-refractivity contribution in [1.82, 2.24) is 0 Å². The third-order valence-corrected chi connectivity index (χ3v) is 5.23. The van der Waals surface area contributed by atoms with E-state index in [9.17, 15) is 4.79 Å². The van der Waals surface area contributed by atoms with Crippen molar-refractivity contribution in [3.63, 3.8) is 0 Å². The summed E-state index contributed by atoms with van der Waals surface area (Å²) in [6.07, 6.45) is 0.342. The molecule has 0 radical (unpaired) electrons. The first-order valence-corrected chi connectivity index (χ1v) is 11.0. The minimum atomic E-state index is -0.658. The Balaban J connectivity index is 1.57. The van der Waals surface area contributed by atoms with E-state index in [2.05, 4.69) is 25.2 Å². The van der Waals surface area contributed by atoms with Gasteiger partial charge in [0, 0.05) is 0 Å². The summed E-state index contributed by atoms with van der Waals surface area (Å²) in [5, 5.41) is 2.92. The molecule has 3 aromatic carbocycles. The SMILES string of the molecule is CCC(C)c1ccccc1OC(C)C(=O)Nc1ccccc1OCCOc1ccccc1. The topological polar surface area (TPSA) is 56.8 Å². The van der Waals surface area contributed by atoms with Crippen LogP contribution in [0, 0.1) is 0 Å². The summed E-state index contributed by atoms with van der Waals surface area (Å²) in [4.78, 5) is 12.8. The zero-order valence-electron chi connectivity index (χ0n) is 18.9. The van der Waals surface area contributed by atoms with Crippen LogP contribution in [0.1, 0.15) is 38.7 Å². The highest BCUT2D eigenvalue weighted by molar-refractivity contribution is 5.95. The van der Waals surface area contributed by atoms with Crippen molar-refractivity contribution < 1.29 is 19.0 Å². The van der Waals surface area contributed by atoms with Crippen molar-refractivity contribution in [2.24, 2.45) is 0 Å². The monoisotopic (exact) mass is 433 g/mol. The van der Waals surface area contributed by atoms with Crippen molar-refractivity contribution in [2.45, 2.75) is 39.2 Å². The van der Waals surface area contributed by atoms with E-state index in [-0.39, 0.29) is 5.91 Å². The molecule has 0 aliphatic rings. The second-order valence-electron chi connectivity index (χ2n) is 7.60. The van der Waals surface area contributed by atoms with Gasteiger partial charge in [0.15, 0.2) is 6.10 Å². The maximum Gasteiger partial charge on any atom is 0.265 e. The second-order valence-corrected chi connectivity index (χ2v) is 7.60. The number of amides is 1. The molecule has 0 bridgehead atoms. The Morgan fingerprint density at radius 3 is 2.19 bits per heavy atom. The second kappa shape index (κ2) is 11.8. The lowest BCUT2D eigenvalue weighted by Gasteiger charge is -2.20. The van der Waals surface area contributed by atoms with E-state index in [1.165, 1.54) is 0 Å². The molecule has 0 spiro atoms. The number of para-hydroxylation sites is 4. The first-order valence-electron chi connectivity index (χ1n) is 11.0. The normalized spacial score (nSPS) is 12.5. The number of ether oxygens (including phenoxy) is 3. The predicted molar refractivity (Wildman–Crippen MR) is 128 cm³/mol. The lowest BCUT2D eigenvalue weighted by molar-refractivity contribution is -0.122. The molecule has 1 N–H and O–H groups in total. The molecule has 3 rings (SSSR count). The Morgan fingerprint density at radius 1 is 0.812 bits per heavy atom. The van der Waals surface area contributed by atoms with Gasteiger partial charge in [0.05, 0.1) is 5.69 Å². The summed E-state index contributed by atoms with van der Waals surface area (Å²) in [5.41, 5.74) is 1.71. The van der Waals surface area contributed by atoms with Crippen LogP contribution in [0.2, 0.25) is 0 Å². The first kappa shape index (κ1) is 23.2. The molecular weight excluding hydrogens is 402 g/mol. The zero-order chi connectivity index (χ0) is 22.8. The first-order chi connectivity index (χ1) is 15.6. The number of nitrogens with one attached hydrogen (secondary N) is 1. The fourth-order valence-corrected chi connectivity index (χ4v) is 3.22. The Kier molecular flexibility index (Phi) is 8.55. The number of carbonyl (C=O) groups is 1. The van der Waals surface area contributed by atoms with Gasteiger partial charge in [-0.3, -0.25) is 4.79 Å². The van der Waals surface area contributed by atoms with Gasteiger partial charge >= 0.3 is 0 Å². The van der Waals surface area contributed by atoms with Crippen LogP contribution in [0.15, 0.2) is 78.9 Å². The number of carbonyl (C=O) groups excluding carboxylic acids is 1. The average molecular weight is 434 g/mol. The molecular formula is C27H31NO4. The van der Waals surface area contributed by atoms with Crippen LogP contribution >= 0.6 is 0 Å². The van der Waals surface area contributed by atoms with E-state index in [4.69, 9.17) is 14.2 Å². The molecule has 2 atom stereocenters. The largest absolute Gasteiger partial charge is 0.490 e. The summed E-state index contributed by atoms with van der Waals surface area (Å²) in [7, 11) is 0. The lowest BCUT2D eigenvalue weighted by Crippen LogP contribution is -2.30. The molecule has 168 valence electrons. The average Bonchev–Trinajstić information content (AvgIpc) is 2.83. The zero-order valence-corrected chi connectivity index (χ0v) is 18.9. The molecule has 0 saturated carbocycles. The smallest absolute Gasteiger partial charge is 0.265 e. The quantitative estimate of drug-likeness (QED) is 0.373. The van der Waals surface area contributed by atoms with Crippen LogP contribution in [0.4, 0.5) is 5.69 Å². The number of rotatable bonds is 11. The van der Waals surface area contributed by atoms with E-state index in [1.54, 1.807) is 6.92 Å². The number of hydrogen-bond acceptors (Lipinski definition) is 4. The maximum absolute atomic E-state index is 12.8. The Bertz CT molecular complexity index is 990. The van der Waals surface area contributed by atoms with Gasteiger partial charge in [0.1, 0.15) is 30.5 Å². The van der Waals surface area contributed by atoms with Crippen LogP contribution in [-0.2, 0) is 4.79 Å². The highest BCUT2D eigenvalue weighted by atomic mass is 16.5. The van der Waals surface area contributed by atoms with Gasteiger partial charge in [0.25, 0.3) is 5.91 Å². The van der Waals surface area contributed by atoms with Crippen molar-refractivity contribution in [3.05, 3.63) is 84.4 Å². The van der Waals surface area contributed by atoms with Gasteiger partial charge in [0.2, 0.25) is 0 Å². The van der Waals surface area contributed by atoms with E-state index in [0.717, 1.165) is 23.5 Å². The summed E-state index contributed by atoms with van der Waals surface area (Å²) < 4.78 is 17.5. The third kappa shape index (κ3) is 6.51. The van der Waals surface area contributed by atoms with E-state index in [0.29, 0.717) is 30.6 Å². The molecule has 5 heteroatoms. The van der Waals surface area contributed by atoms with E-state index in [1.807, 2.05) is 72.8 Å². The fraction of sp³-hybridized carbons (Fsp3) is 0.296. The maximum atomic E-state index is 12.8. The summed E-state index contributed by atoms with van der Waals surface area (Å²) in [6, 6.07) is 24.8. The predicted octanol–water partition coefficient (Wildman–Crippen LogP) is 6.06. The van der Waals surface area contributed by atoms with Gasteiger partial charge in [-0.25, -0.2) is 0 Å². The van der Waals surface area contributed by atoms with Gasteiger partial charge in [-0.05, 0) is 55.2 Å². The molecule has 0 aliphatic heterocycles. The minimum absolute atomic E-state index is 0.236. The highest BCUT2D eigenvalue weighted by Crippen LogP contribution is 2.29. The van der Waals surface area contributed by atoms with Crippen LogP contribution in [-0.4, -0.2) is 25.2 Å². The molecule has 0 fully saturated rings. The van der Waals surface area contributed by atoms with Crippen LogP contribution in [0.25, 0.3) is 0 Å². The van der Waals surface area contributed by atoms with E-state index >= 15 is 0 Å². The molecule has 32 heavy (non-hydrogen) atoms. The number of hydrogen-bond donors (Lipinski definition) is 1. The summed E-state index contributed by atoms with van der Waals surface area (Å²) >= 11 is 0. The van der Waals surface area contributed by atoms with Crippen LogP contribution < -0.4 is 19.5 Å². The molecule has 0 heterocycles. The van der Waals surface area contributed by atoms with Crippen molar-refractivity contribution in [3.8, 4) is 17.2 Å². The van der Waals surface area contributed by atoms with Gasteiger partial charge in [-0.15, -0.1) is 0 Å². The minimum Gasteiger partial charge on any atom is -0.490 e. The van der Waals surface area contributed by atoms with Gasteiger partial charge in [-0.2, -0.15) is 0 Å². The molecule has 0 saturated heterocycles. The van der Waals surface area contributed by atoms with Gasteiger partial charge in [-0.1, -0.05) is 62.4 Å². The van der Waals surface area contributed by atoms with Crippen molar-refractivity contribution >= 4 is 11.6 Å². The van der Waals surface area contributed by atoms with Crippen molar-refractivity contribution in [1.29, 1.82) is 0 Å². The fourth-order valence-electron chi connectivity index (χ4n) is 3.22. The van der Waals surface area contributed by atoms with E-state index < -0.39 is 6.10 Å². The standard InChI is InChI=1S/C27H31NO4/c1-4-20(2)23-14-8-10-16-25(23)32-21(3)27(29)28-24-15-9-11-17-26(24)31-19-18-30-22-12-6-5-7-13-22/h5-17,20-21H,4,18-19H2,1-3H3,(H,28,29). The Hall–Kier alpha value is -3.47. The lowest BCUT2D eigenvalue weighted by atomic mass is 9.98. The molecule has 2 unspecified atom stereocenters. The van der Waals surface area contributed by atoms with Crippen LogP contribution in [0.3, 0.4) is 0 Å². The molecule has 0 aliphatic carbocycles. The van der Waals surface area contributed by atoms with Gasteiger partial charge < -0.3 is 19.5 Å². The molecule has 3 aromatic rings.